The van der Waals surface area contributed by atoms with Crippen LogP contribution in [-0.4, -0.2) is 24.5 Å². The van der Waals surface area contributed by atoms with Gasteiger partial charge in [0, 0.05) is 17.1 Å². The fourth-order valence-electron chi connectivity index (χ4n) is 2.29. The van der Waals surface area contributed by atoms with Gasteiger partial charge in [0.25, 0.3) is 0 Å². The first-order chi connectivity index (χ1) is 8.89. The summed E-state index contributed by atoms with van der Waals surface area (Å²) < 4.78 is 1.14. The summed E-state index contributed by atoms with van der Waals surface area (Å²) in [6.45, 7) is 11.9. The first-order valence-electron chi connectivity index (χ1n) is 7.09. The summed E-state index contributed by atoms with van der Waals surface area (Å²) >= 11 is 3.56. The summed E-state index contributed by atoms with van der Waals surface area (Å²) in [6.07, 6.45) is 1.17. The summed E-state index contributed by atoms with van der Waals surface area (Å²) in [5.74, 6) is 0. The number of nitrogens with zero attached hydrogens (tertiary/aromatic N) is 1. The number of hydrogen-bond donors (Lipinski definition) is 1. The molecule has 2 N–H and O–H groups in total. The van der Waals surface area contributed by atoms with Crippen LogP contribution in [0.5, 0.6) is 0 Å². The molecule has 0 aromatic heterocycles. The van der Waals surface area contributed by atoms with Gasteiger partial charge in [0.2, 0.25) is 0 Å². The molecule has 1 rings (SSSR count). The third-order valence-electron chi connectivity index (χ3n) is 3.57. The topological polar surface area (TPSA) is 29.3 Å². The zero-order chi connectivity index (χ0) is 14.5. The van der Waals surface area contributed by atoms with Crippen LogP contribution in [0.4, 0.5) is 0 Å². The molecule has 0 amide bonds. The predicted octanol–water partition coefficient (Wildman–Crippen LogP) is 4.21. The Morgan fingerprint density at radius 3 is 2.58 bits per heavy atom. The van der Waals surface area contributed by atoms with Crippen molar-refractivity contribution in [1.82, 2.24) is 4.90 Å². The minimum atomic E-state index is 0.162. The number of rotatable bonds is 7. The van der Waals surface area contributed by atoms with Gasteiger partial charge in [-0.25, -0.2) is 0 Å². The zero-order valence-electron chi connectivity index (χ0n) is 12.6. The third-order valence-corrected chi connectivity index (χ3v) is 4.07. The largest absolute Gasteiger partial charge is 0.330 e. The van der Waals surface area contributed by atoms with Crippen LogP contribution < -0.4 is 5.73 Å². The molecule has 1 atom stereocenters. The van der Waals surface area contributed by atoms with Gasteiger partial charge in [-0.05, 0) is 49.5 Å². The SMILES string of the molecule is CCCN(CC(C)(C)CN)C(C)c1cccc(Br)c1. The number of hydrogen-bond acceptors (Lipinski definition) is 2. The van der Waals surface area contributed by atoms with Gasteiger partial charge >= 0.3 is 0 Å². The van der Waals surface area contributed by atoms with Crippen LogP contribution >= 0.6 is 15.9 Å². The van der Waals surface area contributed by atoms with Crippen molar-refractivity contribution < 1.29 is 0 Å². The van der Waals surface area contributed by atoms with Crippen LogP contribution in [0.1, 0.15) is 45.7 Å². The highest BCUT2D eigenvalue weighted by atomic mass is 79.9. The summed E-state index contributed by atoms with van der Waals surface area (Å²) in [5, 5.41) is 0. The smallest absolute Gasteiger partial charge is 0.0320 e. The molecule has 0 heterocycles. The molecule has 3 heteroatoms. The first-order valence-corrected chi connectivity index (χ1v) is 7.88. The molecule has 0 aliphatic carbocycles. The minimum absolute atomic E-state index is 0.162. The lowest BCUT2D eigenvalue weighted by Gasteiger charge is -2.36. The average molecular weight is 327 g/mol. The van der Waals surface area contributed by atoms with Gasteiger partial charge in [0.05, 0.1) is 0 Å². The van der Waals surface area contributed by atoms with Crippen LogP contribution in [0.15, 0.2) is 28.7 Å². The molecule has 0 aliphatic rings. The Morgan fingerprint density at radius 2 is 2.05 bits per heavy atom. The minimum Gasteiger partial charge on any atom is -0.330 e. The number of nitrogens with two attached hydrogens (primary N) is 1. The third kappa shape index (κ3) is 5.25. The van der Waals surface area contributed by atoms with Gasteiger partial charge in [-0.2, -0.15) is 0 Å². The molecule has 1 aromatic rings. The molecule has 0 fully saturated rings. The van der Waals surface area contributed by atoms with Crippen molar-refractivity contribution in [3.63, 3.8) is 0 Å². The van der Waals surface area contributed by atoms with E-state index in [4.69, 9.17) is 5.73 Å². The van der Waals surface area contributed by atoms with Crippen LogP contribution in [-0.2, 0) is 0 Å². The van der Waals surface area contributed by atoms with E-state index in [1.807, 2.05) is 0 Å². The predicted molar refractivity (Wildman–Crippen MR) is 87.3 cm³/mol. The molecule has 0 spiro atoms. The highest BCUT2D eigenvalue weighted by Gasteiger charge is 2.23. The first kappa shape index (κ1) is 16.7. The highest BCUT2D eigenvalue weighted by Crippen LogP contribution is 2.26. The van der Waals surface area contributed by atoms with Gasteiger partial charge in [-0.1, -0.05) is 48.8 Å². The molecule has 1 aromatic carbocycles. The lowest BCUT2D eigenvalue weighted by Crippen LogP contribution is -2.40. The molecule has 0 saturated carbocycles. The van der Waals surface area contributed by atoms with E-state index in [1.54, 1.807) is 0 Å². The normalized spacial score (nSPS) is 13.8. The van der Waals surface area contributed by atoms with E-state index in [2.05, 4.69) is 72.8 Å². The Labute approximate surface area is 126 Å². The molecule has 0 radical (unpaired) electrons. The summed E-state index contributed by atoms with van der Waals surface area (Å²) in [6, 6.07) is 9.01. The molecule has 108 valence electrons. The van der Waals surface area contributed by atoms with E-state index in [0.29, 0.717) is 6.04 Å². The van der Waals surface area contributed by atoms with Gasteiger partial charge in [0.15, 0.2) is 0 Å². The van der Waals surface area contributed by atoms with Crippen molar-refractivity contribution >= 4 is 15.9 Å². The van der Waals surface area contributed by atoms with Crippen molar-refractivity contribution in [3.05, 3.63) is 34.3 Å². The second kappa shape index (κ2) is 7.41. The van der Waals surface area contributed by atoms with Crippen LogP contribution in [0.25, 0.3) is 0 Å². The van der Waals surface area contributed by atoms with E-state index in [0.717, 1.165) is 24.1 Å². The van der Waals surface area contributed by atoms with Gasteiger partial charge in [0.1, 0.15) is 0 Å². The molecule has 0 saturated heterocycles. The van der Waals surface area contributed by atoms with Crippen molar-refractivity contribution in [2.24, 2.45) is 11.1 Å². The average Bonchev–Trinajstić information content (AvgIpc) is 2.37. The second-order valence-corrected chi connectivity index (χ2v) is 6.99. The second-order valence-electron chi connectivity index (χ2n) is 6.07. The molecular weight excluding hydrogens is 300 g/mol. The standard InChI is InChI=1S/C16H27BrN2/c1-5-9-19(12-16(3,4)11-18)13(2)14-7-6-8-15(17)10-14/h6-8,10,13H,5,9,11-12,18H2,1-4H3. The maximum absolute atomic E-state index is 5.88. The maximum Gasteiger partial charge on any atom is 0.0320 e. The fraction of sp³-hybridized carbons (Fsp3) is 0.625. The van der Waals surface area contributed by atoms with Crippen molar-refractivity contribution in [1.29, 1.82) is 0 Å². The summed E-state index contributed by atoms with van der Waals surface area (Å²) in [7, 11) is 0. The van der Waals surface area contributed by atoms with E-state index in [9.17, 15) is 0 Å². The maximum atomic E-state index is 5.88. The van der Waals surface area contributed by atoms with Gasteiger partial charge in [-0.3, -0.25) is 4.90 Å². The molecule has 19 heavy (non-hydrogen) atoms. The summed E-state index contributed by atoms with van der Waals surface area (Å²) in [5.41, 5.74) is 7.40. The van der Waals surface area contributed by atoms with Crippen LogP contribution in [0, 0.1) is 5.41 Å². The molecule has 0 bridgehead atoms. The Balaban J connectivity index is 2.86. The zero-order valence-corrected chi connectivity index (χ0v) is 14.2. The van der Waals surface area contributed by atoms with E-state index < -0.39 is 0 Å². The summed E-state index contributed by atoms with van der Waals surface area (Å²) in [4.78, 5) is 2.54. The van der Waals surface area contributed by atoms with E-state index >= 15 is 0 Å². The quantitative estimate of drug-likeness (QED) is 0.813. The van der Waals surface area contributed by atoms with Crippen molar-refractivity contribution in [2.45, 2.75) is 40.2 Å². The fourth-order valence-corrected chi connectivity index (χ4v) is 2.71. The van der Waals surface area contributed by atoms with E-state index in [1.165, 1.54) is 12.0 Å². The Morgan fingerprint density at radius 1 is 1.37 bits per heavy atom. The van der Waals surface area contributed by atoms with Crippen molar-refractivity contribution in [2.75, 3.05) is 19.6 Å². The van der Waals surface area contributed by atoms with Crippen LogP contribution in [0.2, 0.25) is 0 Å². The Hall–Kier alpha value is -0.380. The number of halogens is 1. The number of benzene rings is 1. The van der Waals surface area contributed by atoms with Gasteiger partial charge < -0.3 is 5.73 Å². The van der Waals surface area contributed by atoms with Crippen molar-refractivity contribution in [3.8, 4) is 0 Å². The Bertz CT molecular complexity index is 390. The van der Waals surface area contributed by atoms with E-state index in [-0.39, 0.29) is 5.41 Å². The molecular formula is C16H27BrN2. The van der Waals surface area contributed by atoms with Gasteiger partial charge in [-0.15, -0.1) is 0 Å². The lowest BCUT2D eigenvalue weighted by molar-refractivity contribution is 0.140. The molecule has 2 nitrogen and oxygen atoms in total. The molecule has 1 unspecified atom stereocenters. The van der Waals surface area contributed by atoms with Crippen LogP contribution in [0.3, 0.4) is 0 Å². The Kier molecular flexibility index (Phi) is 6.51. The lowest BCUT2D eigenvalue weighted by atomic mass is 9.91. The highest BCUT2D eigenvalue weighted by molar-refractivity contribution is 9.10. The molecule has 0 aliphatic heterocycles. The monoisotopic (exact) mass is 326 g/mol.